The number of thiazole rings is 1. The predicted octanol–water partition coefficient (Wildman–Crippen LogP) is 3.10. The lowest BCUT2D eigenvalue weighted by molar-refractivity contribution is -0.384. The van der Waals surface area contributed by atoms with E-state index in [2.05, 4.69) is 15.3 Å². The smallest absolute Gasteiger partial charge is 0.311 e. The molecule has 0 aromatic carbocycles. The zero-order valence-electron chi connectivity index (χ0n) is 10.9. The van der Waals surface area contributed by atoms with Crippen molar-refractivity contribution in [3.63, 3.8) is 0 Å². The van der Waals surface area contributed by atoms with E-state index in [0.717, 1.165) is 10.7 Å². The highest BCUT2D eigenvalue weighted by Gasteiger charge is 2.27. The highest BCUT2D eigenvalue weighted by molar-refractivity contribution is 7.09. The number of aromatic nitrogens is 2. The third-order valence-corrected chi connectivity index (χ3v) is 3.70. The fourth-order valence-corrected chi connectivity index (χ4v) is 2.39. The Morgan fingerprint density at radius 2 is 2.16 bits per heavy atom. The molecule has 2 rings (SSSR count). The number of nitrogens with zero attached hydrogens (tertiary/aromatic N) is 3. The molecule has 19 heavy (non-hydrogen) atoms. The van der Waals surface area contributed by atoms with Gasteiger partial charge in [0, 0.05) is 23.3 Å². The van der Waals surface area contributed by atoms with E-state index in [4.69, 9.17) is 0 Å². The van der Waals surface area contributed by atoms with Gasteiger partial charge in [-0.15, -0.1) is 11.3 Å². The first-order valence-electron chi connectivity index (χ1n) is 5.70. The van der Waals surface area contributed by atoms with Crippen molar-refractivity contribution in [2.24, 2.45) is 0 Å². The first-order valence-corrected chi connectivity index (χ1v) is 6.58. The fourth-order valence-electron chi connectivity index (χ4n) is 1.67. The van der Waals surface area contributed by atoms with E-state index in [-0.39, 0.29) is 11.5 Å². The van der Waals surface area contributed by atoms with E-state index < -0.39 is 10.5 Å². The van der Waals surface area contributed by atoms with Crippen LogP contribution in [0, 0.1) is 17.0 Å². The zero-order chi connectivity index (χ0) is 14.0. The molecule has 7 heteroatoms. The van der Waals surface area contributed by atoms with Gasteiger partial charge in [-0.1, -0.05) is 0 Å². The van der Waals surface area contributed by atoms with Gasteiger partial charge < -0.3 is 5.32 Å². The van der Waals surface area contributed by atoms with Crippen LogP contribution in [0.5, 0.6) is 0 Å². The van der Waals surface area contributed by atoms with E-state index >= 15 is 0 Å². The molecule has 2 aromatic rings. The van der Waals surface area contributed by atoms with Crippen molar-refractivity contribution in [1.29, 1.82) is 0 Å². The molecule has 0 radical (unpaired) electrons. The van der Waals surface area contributed by atoms with Gasteiger partial charge in [-0.3, -0.25) is 10.1 Å². The van der Waals surface area contributed by atoms with E-state index in [1.807, 2.05) is 19.2 Å². The van der Waals surface area contributed by atoms with Gasteiger partial charge in [0.15, 0.2) is 0 Å². The van der Waals surface area contributed by atoms with Gasteiger partial charge in [-0.25, -0.2) is 9.97 Å². The van der Waals surface area contributed by atoms with Crippen LogP contribution in [0.1, 0.15) is 24.5 Å². The third kappa shape index (κ3) is 2.87. The monoisotopic (exact) mass is 278 g/mol. The van der Waals surface area contributed by atoms with E-state index in [0.29, 0.717) is 0 Å². The Kier molecular flexibility index (Phi) is 3.48. The maximum atomic E-state index is 11.0. The topological polar surface area (TPSA) is 81.0 Å². The first-order chi connectivity index (χ1) is 8.90. The second-order valence-corrected chi connectivity index (χ2v) is 5.56. The van der Waals surface area contributed by atoms with Gasteiger partial charge in [-0.05, 0) is 26.8 Å². The number of pyridine rings is 1. The molecule has 2 aromatic heterocycles. The quantitative estimate of drug-likeness (QED) is 0.686. The predicted molar refractivity (Wildman–Crippen MR) is 74.4 cm³/mol. The highest BCUT2D eigenvalue weighted by Crippen LogP contribution is 2.30. The number of hydrogen-bond donors (Lipinski definition) is 1. The molecular weight excluding hydrogens is 264 g/mol. The van der Waals surface area contributed by atoms with Crippen LogP contribution in [-0.4, -0.2) is 14.9 Å². The Labute approximate surface area is 114 Å². The van der Waals surface area contributed by atoms with Crippen molar-refractivity contribution >= 4 is 22.8 Å². The normalized spacial score (nSPS) is 11.3. The molecule has 0 bridgehead atoms. The van der Waals surface area contributed by atoms with Crippen LogP contribution in [0.3, 0.4) is 0 Å². The molecule has 0 amide bonds. The standard InChI is InChI=1S/C12H14N4O2S/c1-8-4-5-9(16(17)18)10(14-8)15-12(2,3)11-13-6-7-19-11/h4-7H,1-3H3,(H,14,15). The second-order valence-electron chi connectivity index (χ2n) is 4.66. The molecular formula is C12H14N4O2S. The average Bonchev–Trinajstić information content (AvgIpc) is 2.81. The van der Waals surface area contributed by atoms with Crippen molar-refractivity contribution in [2.75, 3.05) is 5.32 Å². The Morgan fingerprint density at radius 3 is 2.74 bits per heavy atom. The SMILES string of the molecule is Cc1ccc([N+](=O)[O-])c(NC(C)(C)c2nccs2)n1. The molecule has 100 valence electrons. The minimum atomic E-state index is -0.514. The summed E-state index contributed by atoms with van der Waals surface area (Å²) in [6.45, 7) is 5.63. The Morgan fingerprint density at radius 1 is 1.42 bits per heavy atom. The lowest BCUT2D eigenvalue weighted by Gasteiger charge is -2.24. The van der Waals surface area contributed by atoms with Crippen LogP contribution in [-0.2, 0) is 5.54 Å². The first kappa shape index (κ1) is 13.4. The summed E-state index contributed by atoms with van der Waals surface area (Å²) in [6.07, 6.45) is 1.71. The Hall–Kier alpha value is -2.02. The second kappa shape index (κ2) is 4.93. The molecule has 2 heterocycles. The van der Waals surface area contributed by atoms with Crippen LogP contribution in [0.4, 0.5) is 11.5 Å². The van der Waals surface area contributed by atoms with Gasteiger partial charge in [0.25, 0.3) is 0 Å². The molecule has 0 saturated heterocycles. The number of nitrogens with one attached hydrogen (secondary N) is 1. The lowest BCUT2D eigenvalue weighted by Crippen LogP contribution is -2.28. The molecule has 0 aliphatic rings. The van der Waals surface area contributed by atoms with Crippen molar-refractivity contribution in [3.8, 4) is 0 Å². The minimum Gasteiger partial charge on any atom is -0.353 e. The summed E-state index contributed by atoms with van der Waals surface area (Å²) in [5.74, 6) is 0.269. The zero-order valence-corrected chi connectivity index (χ0v) is 11.7. The molecule has 0 spiro atoms. The molecule has 0 aliphatic heterocycles. The van der Waals surface area contributed by atoms with Crippen LogP contribution >= 0.6 is 11.3 Å². The Bertz CT molecular complexity index is 596. The maximum Gasteiger partial charge on any atom is 0.311 e. The van der Waals surface area contributed by atoms with Gasteiger partial charge >= 0.3 is 5.69 Å². The van der Waals surface area contributed by atoms with Gasteiger partial charge in [0.05, 0.1) is 10.5 Å². The summed E-state index contributed by atoms with van der Waals surface area (Å²) < 4.78 is 0. The maximum absolute atomic E-state index is 11.0. The van der Waals surface area contributed by atoms with Crippen LogP contribution in [0.2, 0.25) is 0 Å². The number of aryl methyl sites for hydroxylation is 1. The van der Waals surface area contributed by atoms with E-state index in [1.165, 1.54) is 17.4 Å². The molecule has 6 nitrogen and oxygen atoms in total. The highest BCUT2D eigenvalue weighted by atomic mass is 32.1. The van der Waals surface area contributed by atoms with Crippen molar-refractivity contribution in [2.45, 2.75) is 26.3 Å². The summed E-state index contributed by atoms with van der Waals surface area (Å²) in [4.78, 5) is 19.0. The summed E-state index contributed by atoms with van der Waals surface area (Å²) in [5, 5.41) is 16.8. The number of hydrogen-bond acceptors (Lipinski definition) is 6. The largest absolute Gasteiger partial charge is 0.353 e. The van der Waals surface area contributed by atoms with Crippen molar-refractivity contribution < 1.29 is 4.92 Å². The molecule has 0 fully saturated rings. The van der Waals surface area contributed by atoms with E-state index in [9.17, 15) is 10.1 Å². The van der Waals surface area contributed by atoms with Gasteiger partial charge in [-0.2, -0.15) is 0 Å². The lowest BCUT2D eigenvalue weighted by atomic mass is 10.1. The number of anilines is 1. The molecule has 0 unspecified atom stereocenters. The van der Waals surface area contributed by atoms with E-state index in [1.54, 1.807) is 19.2 Å². The summed E-state index contributed by atoms with van der Waals surface area (Å²) in [7, 11) is 0. The molecule has 0 aliphatic carbocycles. The van der Waals surface area contributed by atoms with Crippen LogP contribution in [0.15, 0.2) is 23.7 Å². The van der Waals surface area contributed by atoms with Crippen LogP contribution < -0.4 is 5.32 Å². The summed E-state index contributed by atoms with van der Waals surface area (Å²) in [5.41, 5.74) is 0.179. The van der Waals surface area contributed by atoms with Crippen LogP contribution in [0.25, 0.3) is 0 Å². The van der Waals surface area contributed by atoms with Gasteiger partial charge in [0.1, 0.15) is 5.01 Å². The minimum absolute atomic E-state index is 0.0322. The fraction of sp³-hybridized carbons (Fsp3) is 0.333. The average molecular weight is 278 g/mol. The number of nitro groups is 1. The van der Waals surface area contributed by atoms with Crippen molar-refractivity contribution in [3.05, 3.63) is 44.5 Å². The summed E-state index contributed by atoms with van der Waals surface area (Å²) in [6, 6.07) is 3.09. The van der Waals surface area contributed by atoms with Crippen molar-refractivity contribution in [1.82, 2.24) is 9.97 Å². The number of rotatable bonds is 4. The molecule has 0 atom stereocenters. The molecule has 1 N–H and O–H groups in total. The molecule has 0 saturated carbocycles. The Balaban J connectivity index is 2.38. The summed E-state index contributed by atoms with van der Waals surface area (Å²) >= 11 is 1.50. The van der Waals surface area contributed by atoms with Gasteiger partial charge in [0.2, 0.25) is 5.82 Å². The third-order valence-electron chi connectivity index (χ3n) is 2.61.